The normalized spacial score (nSPS) is 20.8. The predicted octanol–water partition coefficient (Wildman–Crippen LogP) is 2.67. The number of benzene rings is 1. The number of nitrogens with zero attached hydrogens (tertiary/aromatic N) is 1. The van der Waals surface area contributed by atoms with E-state index in [2.05, 4.69) is 15.9 Å². The monoisotopic (exact) mass is 345 g/mol. The largest absolute Gasteiger partial charge is 0.214 e. The van der Waals surface area contributed by atoms with E-state index in [0.717, 1.165) is 23.7 Å². The van der Waals surface area contributed by atoms with E-state index in [-0.39, 0.29) is 5.75 Å². The van der Waals surface area contributed by atoms with Gasteiger partial charge < -0.3 is 0 Å². The molecule has 1 aliphatic heterocycles. The quantitative estimate of drug-likeness (QED) is 0.743. The van der Waals surface area contributed by atoms with Crippen LogP contribution in [0.4, 0.5) is 0 Å². The van der Waals surface area contributed by atoms with Crippen LogP contribution in [0.15, 0.2) is 30.3 Å². The van der Waals surface area contributed by atoms with Gasteiger partial charge >= 0.3 is 0 Å². The minimum atomic E-state index is -3.09. The molecule has 0 amide bonds. The Morgan fingerprint density at radius 3 is 2.68 bits per heavy atom. The number of alkyl halides is 1. The first-order valence-corrected chi connectivity index (χ1v) is 9.42. The number of hydrogen-bond donors (Lipinski definition) is 0. The summed E-state index contributed by atoms with van der Waals surface area (Å²) >= 11 is 3.42. The Bertz CT molecular complexity index is 489. The molecule has 0 N–H and O–H groups in total. The molecule has 19 heavy (non-hydrogen) atoms. The van der Waals surface area contributed by atoms with E-state index >= 15 is 0 Å². The first kappa shape index (κ1) is 15.0. The zero-order valence-electron chi connectivity index (χ0n) is 11.0. The van der Waals surface area contributed by atoms with Crippen LogP contribution in [0.2, 0.25) is 0 Å². The van der Waals surface area contributed by atoms with Crippen LogP contribution in [0.3, 0.4) is 0 Å². The molecule has 0 aromatic heterocycles. The molecule has 3 nitrogen and oxygen atoms in total. The van der Waals surface area contributed by atoms with Gasteiger partial charge in [-0.2, -0.15) is 0 Å². The van der Waals surface area contributed by atoms with Gasteiger partial charge in [-0.1, -0.05) is 46.3 Å². The van der Waals surface area contributed by atoms with E-state index in [1.54, 1.807) is 4.31 Å². The maximum Gasteiger partial charge on any atom is 0.214 e. The van der Waals surface area contributed by atoms with E-state index in [1.807, 2.05) is 30.3 Å². The summed E-state index contributed by atoms with van der Waals surface area (Å²) in [4.78, 5) is 0. The van der Waals surface area contributed by atoms with Crippen LogP contribution in [0.5, 0.6) is 0 Å². The molecule has 5 heteroatoms. The molecule has 2 rings (SSSR count). The van der Waals surface area contributed by atoms with Crippen LogP contribution < -0.4 is 0 Å². The minimum absolute atomic E-state index is 0.220. The number of sulfonamides is 1. The van der Waals surface area contributed by atoms with Gasteiger partial charge in [0.05, 0.1) is 5.75 Å². The minimum Gasteiger partial charge on any atom is -0.212 e. The SMILES string of the molecule is O=S(=O)(CCc1ccccc1)N1CCC(CCBr)C1. The van der Waals surface area contributed by atoms with Crippen molar-refractivity contribution in [3.8, 4) is 0 Å². The van der Waals surface area contributed by atoms with Crippen molar-refractivity contribution in [3.05, 3.63) is 35.9 Å². The maximum atomic E-state index is 12.3. The van der Waals surface area contributed by atoms with E-state index in [0.29, 0.717) is 25.4 Å². The summed E-state index contributed by atoms with van der Waals surface area (Å²) in [5.74, 6) is 0.740. The molecule has 1 aliphatic rings. The Morgan fingerprint density at radius 1 is 1.26 bits per heavy atom. The molecule has 106 valence electrons. The van der Waals surface area contributed by atoms with Gasteiger partial charge in [0.2, 0.25) is 10.0 Å². The molecular weight excluding hydrogens is 326 g/mol. The highest BCUT2D eigenvalue weighted by Gasteiger charge is 2.30. The summed E-state index contributed by atoms with van der Waals surface area (Å²) in [5.41, 5.74) is 1.09. The van der Waals surface area contributed by atoms with Crippen LogP contribution in [0, 0.1) is 5.92 Å². The fraction of sp³-hybridized carbons (Fsp3) is 0.571. The van der Waals surface area contributed by atoms with Gasteiger partial charge in [0.15, 0.2) is 0 Å². The molecule has 0 aliphatic carbocycles. The van der Waals surface area contributed by atoms with Crippen LogP contribution >= 0.6 is 15.9 Å². The smallest absolute Gasteiger partial charge is 0.212 e. The van der Waals surface area contributed by atoms with Crippen molar-refractivity contribution in [3.63, 3.8) is 0 Å². The summed E-state index contributed by atoms with van der Waals surface area (Å²) in [7, 11) is -3.09. The van der Waals surface area contributed by atoms with Gasteiger partial charge in [-0.05, 0) is 30.7 Å². The maximum absolute atomic E-state index is 12.3. The lowest BCUT2D eigenvalue weighted by Gasteiger charge is -2.16. The van der Waals surface area contributed by atoms with Crippen LogP contribution in [0.25, 0.3) is 0 Å². The second kappa shape index (κ2) is 6.86. The Kier molecular flexibility index (Phi) is 5.42. The number of rotatable bonds is 6. The zero-order chi connectivity index (χ0) is 13.7. The van der Waals surface area contributed by atoms with Crippen molar-refractivity contribution in [1.29, 1.82) is 0 Å². The fourth-order valence-electron chi connectivity index (χ4n) is 2.46. The molecule has 1 heterocycles. The van der Waals surface area contributed by atoms with E-state index < -0.39 is 10.0 Å². The molecule has 1 unspecified atom stereocenters. The van der Waals surface area contributed by atoms with Gasteiger partial charge in [0, 0.05) is 18.4 Å². The second-order valence-corrected chi connectivity index (χ2v) is 7.92. The Morgan fingerprint density at radius 2 is 2.00 bits per heavy atom. The highest BCUT2D eigenvalue weighted by molar-refractivity contribution is 9.09. The lowest BCUT2D eigenvalue weighted by molar-refractivity contribution is 0.454. The van der Waals surface area contributed by atoms with Crippen LogP contribution in [-0.4, -0.2) is 36.9 Å². The zero-order valence-corrected chi connectivity index (χ0v) is 13.4. The standard InChI is InChI=1S/C14H20BrNO2S/c15-9-6-14-7-10-16(12-14)19(17,18)11-8-13-4-2-1-3-5-13/h1-5,14H,6-12H2. The third-order valence-electron chi connectivity index (χ3n) is 3.65. The Hall–Kier alpha value is -0.390. The first-order valence-electron chi connectivity index (χ1n) is 6.69. The predicted molar refractivity (Wildman–Crippen MR) is 82.0 cm³/mol. The topological polar surface area (TPSA) is 37.4 Å². The first-order chi connectivity index (χ1) is 9.12. The van der Waals surface area contributed by atoms with E-state index in [1.165, 1.54) is 0 Å². The van der Waals surface area contributed by atoms with Crippen molar-refractivity contribution < 1.29 is 8.42 Å². The third-order valence-corrected chi connectivity index (χ3v) is 5.95. The average Bonchev–Trinajstić information content (AvgIpc) is 2.88. The molecule has 1 saturated heterocycles. The highest BCUT2D eigenvalue weighted by atomic mass is 79.9. The van der Waals surface area contributed by atoms with Crippen LogP contribution in [-0.2, 0) is 16.4 Å². The molecule has 1 atom stereocenters. The van der Waals surface area contributed by atoms with Gasteiger partial charge in [0.25, 0.3) is 0 Å². The Labute approximate surface area is 124 Å². The summed E-state index contributed by atoms with van der Waals surface area (Å²) in [6.45, 7) is 1.39. The van der Waals surface area contributed by atoms with Gasteiger partial charge in [-0.15, -0.1) is 0 Å². The molecule has 1 aromatic rings. The highest BCUT2D eigenvalue weighted by Crippen LogP contribution is 2.23. The summed E-state index contributed by atoms with van der Waals surface area (Å²) in [6.07, 6.45) is 2.66. The van der Waals surface area contributed by atoms with E-state index in [4.69, 9.17) is 0 Å². The van der Waals surface area contributed by atoms with Gasteiger partial charge in [-0.3, -0.25) is 0 Å². The molecule has 0 saturated carbocycles. The van der Waals surface area contributed by atoms with Crippen molar-refractivity contribution in [1.82, 2.24) is 4.31 Å². The molecule has 0 spiro atoms. The molecular formula is C14H20BrNO2S. The lowest BCUT2D eigenvalue weighted by Crippen LogP contribution is -2.31. The number of hydrogen-bond acceptors (Lipinski definition) is 2. The molecule has 1 aromatic carbocycles. The Balaban J connectivity index is 1.89. The third kappa shape index (κ3) is 4.29. The lowest BCUT2D eigenvalue weighted by atomic mass is 10.1. The number of aryl methyl sites for hydroxylation is 1. The average molecular weight is 346 g/mol. The van der Waals surface area contributed by atoms with Gasteiger partial charge in [-0.25, -0.2) is 12.7 Å². The van der Waals surface area contributed by atoms with Crippen LogP contribution in [0.1, 0.15) is 18.4 Å². The van der Waals surface area contributed by atoms with Crippen molar-refractivity contribution in [2.45, 2.75) is 19.3 Å². The molecule has 0 bridgehead atoms. The van der Waals surface area contributed by atoms with Crippen molar-refractivity contribution >= 4 is 26.0 Å². The summed E-state index contributed by atoms with van der Waals surface area (Å²) in [5, 5.41) is 0.954. The van der Waals surface area contributed by atoms with Crippen molar-refractivity contribution in [2.75, 3.05) is 24.2 Å². The summed E-state index contributed by atoms with van der Waals surface area (Å²) < 4.78 is 26.2. The fourth-order valence-corrected chi connectivity index (χ4v) is 4.68. The molecule has 0 radical (unpaired) electrons. The molecule has 1 fully saturated rings. The van der Waals surface area contributed by atoms with Crippen molar-refractivity contribution in [2.24, 2.45) is 5.92 Å². The van der Waals surface area contributed by atoms with E-state index in [9.17, 15) is 8.42 Å². The number of halogens is 1. The summed E-state index contributed by atoms with van der Waals surface area (Å²) in [6, 6.07) is 9.80. The second-order valence-electron chi connectivity index (χ2n) is 5.04. The van der Waals surface area contributed by atoms with Gasteiger partial charge in [0.1, 0.15) is 0 Å².